The number of rotatable bonds is 11. The number of hydrogen-bond donors (Lipinski definition) is 0. The molecule has 0 bridgehead atoms. The molecule has 4 rings (SSSR count). The summed E-state index contributed by atoms with van der Waals surface area (Å²) in [6.07, 6.45) is 0.806. The van der Waals surface area contributed by atoms with Gasteiger partial charge in [0, 0.05) is 6.61 Å². The fourth-order valence-corrected chi connectivity index (χ4v) is 5.54. The van der Waals surface area contributed by atoms with E-state index in [1.807, 2.05) is 97.9 Å². The maximum atomic E-state index is 6.46. The first-order valence-corrected chi connectivity index (χ1v) is 12.1. The van der Waals surface area contributed by atoms with E-state index in [4.69, 9.17) is 22.8 Å². The Morgan fingerprint density at radius 3 is 1.47 bits per heavy atom. The highest BCUT2D eigenvalue weighted by atomic mass is 28.4. The Bertz CT molecular complexity index is 790. The average Bonchev–Trinajstić information content (AvgIpc) is 3.48. The van der Waals surface area contributed by atoms with Crippen molar-refractivity contribution in [3.05, 3.63) is 91.0 Å². The van der Waals surface area contributed by atoms with Crippen molar-refractivity contribution in [2.24, 2.45) is 0 Å². The predicted octanol–water partition coefficient (Wildman–Crippen LogP) is 5.31. The lowest BCUT2D eigenvalue weighted by Crippen LogP contribution is -2.55. The van der Waals surface area contributed by atoms with Crippen molar-refractivity contribution in [3.8, 4) is 17.2 Å². The molecule has 0 amide bonds. The van der Waals surface area contributed by atoms with Crippen LogP contribution in [0.2, 0.25) is 6.04 Å². The average molecular weight is 423 g/mol. The van der Waals surface area contributed by atoms with Gasteiger partial charge >= 0.3 is 8.80 Å². The molecular formula is C24H26O5Si. The minimum Gasteiger partial charge on any atom is -0.483 e. The second kappa shape index (κ2) is 9.80. The summed E-state index contributed by atoms with van der Waals surface area (Å²) in [4.78, 5) is 0. The predicted molar refractivity (Wildman–Crippen MR) is 117 cm³/mol. The highest BCUT2D eigenvalue weighted by Crippen LogP contribution is 2.28. The van der Waals surface area contributed by atoms with E-state index in [-0.39, 0.29) is 12.4 Å². The van der Waals surface area contributed by atoms with Crippen molar-refractivity contribution >= 4 is 8.80 Å². The van der Waals surface area contributed by atoms with E-state index in [2.05, 4.69) is 0 Å². The molecule has 1 saturated heterocycles. The number of para-hydroxylation sites is 3. The van der Waals surface area contributed by atoms with Crippen LogP contribution in [0.15, 0.2) is 91.0 Å². The molecule has 6 heteroatoms. The topological polar surface area (TPSA) is 49.5 Å². The molecule has 3 aromatic carbocycles. The molecule has 0 saturated carbocycles. The summed E-state index contributed by atoms with van der Waals surface area (Å²) in [5.41, 5.74) is 0. The molecule has 5 nitrogen and oxygen atoms in total. The van der Waals surface area contributed by atoms with Crippen LogP contribution >= 0.6 is 0 Å². The van der Waals surface area contributed by atoms with Crippen LogP contribution in [-0.2, 0) is 9.47 Å². The Morgan fingerprint density at radius 2 is 1.10 bits per heavy atom. The highest BCUT2D eigenvalue weighted by molar-refractivity contribution is 6.63. The zero-order valence-corrected chi connectivity index (χ0v) is 18.0. The monoisotopic (exact) mass is 422 g/mol. The van der Waals surface area contributed by atoms with Crippen molar-refractivity contribution < 1.29 is 22.8 Å². The SMILES string of the molecule is CC1OC1OCCC[Si](Oc1ccccc1)(Oc1ccccc1)Oc1ccccc1. The molecule has 1 fully saturated rings. The molecule has 0 radical (unpaired) electrons. The molecule has 0 aromatic heterocycles. The van der Waals surface area contributed by atoms with Crippen LogP contribution in [0.1, 0.15) is 13.3 Å². The summed E-state index contributed by atoms with van der Waals surface area (Å²) in [6, 6.07) is 29.6. The summed E-state index contributed by atoms with van der Waals surface area (Å²) >= 11 is 0. The van der Waals surface area contributed by atoms with Gasteiger partial charge in [0.25, 0.3) is 0 Å². The van der Waals surface area contributed by atoms with Crippen LogP contribution < -0.4 is 13.3 Å². The van der Waals surface area contributed by atoms with Crippen molar-refractivity contribution in [2.45, 2.75) is 31.8 Å². The molecule has 156 valence electrons. The largest absolute Gasteiger partial charge is 0.699 e. The molecule has 3 aromatic rings. The van der Waals surface area contributed by atoms with E-state index in [0.29, 0.717) is 12.7 Å². The first-order chi connectivity index (χ1) is 14.7. The summed E-state index contributed by atoms with van der Waals surface area (Å²) < 4.78 is 30.5. The Hall–Kier alpha value is -2.80. The quantitative estimate of drug-likeness (QED) is 0.238. The minimum absolute atomic E-state index is 0.0961. The smallest absolute Gasteiger partial charge is 0.483 e. The van der Waals surface area contributed by atoms with Gasteiger partial charge in [-0.2, -0.15) is 0 Å². The fraction of sp³-hybridized carbons (Fsp3) is 0.250. The van der Waals surface area contributed by atoms with Gasteiger partial charge in [-0.15, -0.1) is 0 Å². The van der Waals surface area contributed by atoms with E-state index in [1.54, 1.807) is 0 Å². The van der Waals surface area contributed by atoms with E-state index >= 15 is 0 Å². The molecule has 1 aliphatic rings. The van der Waals surface area contributed by atoms with Gasteiger partial charge in [-0.3, -0.25) is 0 Å². The summed E-state index contributed by atoms with van der Waals surface area (Å²) in [7, 11) is -3.21. The van der Waals surface area contributed by atoms with Gasteiger partial charge < -0.3 is 22.8 Å². The fourth-order valence-electron chi connectivity index (χ4n) is 3.05. The summed E-state index contributed by atoms with van der Waals surface area (Å²) in [6.45, 7) is 2.55. The Balaban J connectivity index is 1.57. The Kier molecular flexibility index (Phi) is 6.69. The van der Waals surface area contributed by atoms with E-state index in [0.717, 1.165) is 23.7 Å². The number of epoxide rings is 1. The maximum absolute atomic E-state index is 6.46. The van der Waals surface area contributed by atoms with E-state index in [1.165, 1.54) is 0 Å². The van der Waals surface area contributed by atoms with Crippen LogP contribution in [0.4, 0.5) is 0 Å². The van der Waals surface area contributed by atoms with Crippen LogP contribution in [0.25, 0.3) is 0 Å². The second-order valence-corrected chi connectivity index (χ2v) is 9.59. The Morgan fingerprint density at radius 1 is 0.700 bits per heavy atom. The lowest BCUT2D eigenvalue weighted by molar-refractivity contribution is 0.0493. The molecule has 1 heterocycles. The molecular weight excluding hydrogens is 396 g/mol. The normalized spacial score (nSPS) is 17.9. The molecule has 1 aliphatic heterocycles. The number of benzene rings is 3. The van der Waals surface area contributed by atoms with Crippen molar-refractivity contribution in [1.29, 1.82) is 0 Å². The van der Waals surface area contributed by atoms with Crippen LogP contribution in [-0.4, -0.2) is 27.8 Å². The highest BCUT2D eigenvalue weighted by Gasteiger charge is 2.49. The molecule has 0 spiro atoms. The third kappa shape index (κ3) is 5.85. The minimum atomic E-state index is -3.21. The van der Waals surface area contributed by atoms with Gasteiger partial charge in [0.05, 0.1) is 6.04 Å². The summed E-state index contributed by atoms with van der Waals surface area (Å²) in [5, 5.41) is 0. The molecule has 2 unspecified atom stereocenters. The second-order valence-electron chi connectivity index (χ2n) is 7.11. The first kappa shape index (κ1) is 20.5. The zero-order valence-electron chi connectivity index (χ0n) is 17.0. The van der Waals surface area contributed by atoms with E-state index in [9.17, 15) is 0 Å². The molecule has 0 aliphatic carbocycles. The first-order valence-electron chi connectivity index (χ1n) is 10.2. The molecule has 0 N–H and O–H groups in total. The molecule has 2 atom stereocenters. The molecule has 30 heavy (non-hydrogen) atoms. The third-order valence-electron chi connectivity index (χ3n) is 4.61. The van der Waals surface area contributed by atoms with Crippen molar-refractivity contribution in [1.82, 2.24) is 0 Å². The van der Waals surface area contributed by atoms with Gasteiger partial charge in [-0.25, -0.2) is 0 Å². The van der Waals surface area contributed by atoms with Crippen LogP contribution in [0.3, 0.4) is 0 Å². The lowest BCUT2D eigenvalue weighted by atomic mass is 10.3. The van der Waals surface area contributed by atoms with Gasteiger partial charge in [-0.05, 0) is 49.7 Å². The van der Waals surface area contributed by atoms with Gasteiger partial charge in [-0.1, -0.05) is 54.6 Å². The summed E-state index contributed by atoms with van der Waals surface area (Å²) in [5.74, 6) is 2.16. The van der Waals surface area contributed by atoms with Gasteiger partial charge in [0.15, 0.2) is 6.29 Å². The van der Waals surface area contributed by atoms with Gasteiger partial charge in [0.2, 0.25) is 0 Å². The lowest BCUT2D eigenvalue weighted by Gasteiger charge is -2.30. The van der Waals surface area contributed by atoms with Gasteiger partial charge in [0.1, 0.15) is 23.4 Å². The Labute approximate surface area is 178 Å². The standard InChI is InChI=1S/C24H26O5Si/c1-20-24(26-20)25-18-11-19-30(27-21-12-5-2-6-13-21,28-22-14-7-3-8-15-22)29-23-16-9-4-10-17-23/h2-10,12-17,20,24H,11,18-19H2,1H3. The van der Waals surface area contributed by atoms with E-state index < -0.39 is 8.80 Å². The number of ether oxygens (including phenoxy) is 2. The van der Waals surface area contributed by atoms with Crippen LogP contribution in [0.5, 0.6) is 17.2 Å². The maximum Gasteiger partial charge on any atom is 0.699 e. The van der Waals surface area contributed by atoms with Crippen molar-refractivity contribution in [3.63, 3.8) is 0 Å². The number of hydrogen-bond acceptors (Lipinski definition) is 5. The zero-order chi connectivity index (χ0) is 20.7. The van der Waals surface area contributed by atoms with Crippen LogP contribution in [0, 0.1) is 0 Å². The third-order valence-corrected chi connectivity index (χ3v) is 7.22. The van der Waals surface area contributed by atoms with Crippen molar-refractivity contribution in [2.75, 3.05) is 6.61 Å².